The Morgan fingerprint density at radius 1 is 1.08 bits per heavy atom. The molecule has 2 N–H and O–H groups in total. The third-order valence-electron chi connectivity index (χ3n) is 3.18. The normalized spacial score (nSPS) is 10.1. The summed E-state index contributed by atoms with van der Waals surface area (Å²) in [7, 11) is 0. The molecular weight excluding hydrogens is 344 g/mol. The van der Waals surface area contributed by atoms with E-state index in [-0.39, 0.29) is 33.8 Å². The zero-order valence-electron chi connectivity index (χ0n) is 12.8. The summed E-state index contributed by atoms with van der Waals surface area (Å²) < 4.78 is 0. The summed E-state index contributed by atoms with van der Waals surface area (Å²) in [6.45, 7) is 0. The minimum atomic E-state index is -0.759. The van der Waals surface area contributed by atoms with Crippen LogP contribution in [0.1, 0.15) is 16.7 Å². The number of nitro benzene ring substituents is 2. The molecule has 0 atom stereocenters. The number of benzene rings is 2. The van der Waals surface area contributed by atoms with Crippen LogP contribution in [-0.4, -0.2) is 21.2 Å². The van der Waals surface area contributed by atoms with Crippen molar-refractivity contribution in [1.82, 2.24) is 0 Å². The fraction of sp³-hybridized carbons (Fsp3) is 0. The number of nitriles is 2. The van der Waals surface area contributed by atoms with Gasteiger partial charge in [0, 0.05) is 23.8 Å². The second kappa shape index (κ2) is 7.37. The minimum absolute atomic E-state index is 0.00325. The van der Waals surface area contributed by atoms with Gasteiger partial charge in [0.2, 0.25) is 0 Å². The van der Waals surface area contributed by atoms with E-state index >= 15 is 0 Å². The molecule has 26 heavy (non-hydrogen) atoms. The number of non-ortho nitro benzene ring substituents is 1. The van der Waals surface area contributed by atoms with Crippen LogP contribution in [0.3, 0.4) is 0 Å². The molecule has 0 saturated carbocycles. The number of rotatable bonds is 5. The summed E-state index contributed by atoms with van der Waals surface area (Å²) >= 11 is 0. The molecule has 0 aliphatic carbocycles. The number of nitrogens with one attached hydrogen (secondary N) is 1. The van der Waals surface area contributed by atoms with Gasteiger partial charge in [0.15, 0.2) is 0 Å². The highest BCUT2D eigenvalue weighted by molar-refractivity contribution is 5.85. The SMILES string of the molecule is N#Cc1cc(N/N=C\c2cc([N+](=O)[O-])ccc2O)c([N+](=O)[O-])cc1C#N. The first-order valence-electron chi connectivity index (χ1n) is 6.76. The number of phenolic OH excluding ortho intramolecular Hbond substituents is 1. The molecule has 0 aliphatic heterocycles. The highest BCUT2D eigenvalue weighted by Crippen LogP contribution is 2.28. The summed E-state index contributed by atoms with van der Waals surface area (Å²) in [5.41, 5.74) is 1.16. The Bertz CT molecular complexity index is 1020. The Balaban J connectivity index is 2.38. The summed E-state index contributed by atoms with van der Waals surface area (Å²) in [5, 5.41) is 53.1. The molecule has 0 unspecified atom stereocenters. The van der Waals surface area contributed by atoms with Crippen molar-refractivity contribution in [2.75, 3.05) is 5.43 Å². The van der Waals surface area contributed by atoms with Crippen LogP contribution in [0, 0.1) is 42.9 Å². The second-order valence-corrected chi connectivity index (χ2v) is 4.77. The fourth-order valence-electron chi connectivity index (χ4n) is 1.94. The van der Waals surface area contributed by atoms with Gasteiger partial charge in [-0.25, -0.2) is 0 Å². The van der Waals surface area contributed by atoms with Crippen molar-refractivity contribution in [2.24, 2.45) is 5.10 Å². The Labute approximate surface area is 145 Å². The van der Waals surface area contributed by atoms with Crippen molar-refractivity contribution in [3.05, 3.63) is 67.3 Å². The number of hydrogen-bond acceptors (Lipinski definition) is 9. The standard InChI is InChI=1S/C15H8N6O5/c16-6-9-4-13(14(21(25)26)5-10(9)7-17)19-18-8-11-3-12(20(23)24)1-2-15(11)22/h1-5,8,19,22H/b18-8-. The van der Waals surface area contributed by atoms with Crippen LogP contribution < -0.4 is 5.43 Å². The van der Waals surface area contributed by atoms with E-state index in [1.807, 2.05) is 0 Å². The number of aromatic hydroxyl groups is 1. The molecule has 0 aliphatic rings. The maximum absolute atomic E-state index is 11.1. The maximum Gasteiger partial charge on any atom is 0.295 e. The van der Waals surface area contributed by atoms with Crippen LogP contribution in [0.2, 0.25) is 0 Å². The molecule has 0 spiro atoms. The summed E-state index contributed by atoms with van der Waals surface area (Å²) in [5.74, 6) is -0.284. The number of nitro groups is 2. The predicted molar refractivity (Wildman–Crippen MR) is 88.5 cm³/mol. The van der Waals surface area contributed by atoms with Gasteiger partial charge in [-0.15, -0.1) is 0 Å². The van der Waals surface area contributed by atoms with Gasteiger partial charge in [-0.3, -0.25) is 25.7 Å². The lowest BCUT2D eigenvalue weighted by molar-refractivity contribution is -0.384. The maximum atomic E-state index is 11.1. The lowest BCUT2D eigenvalue weighted by Gasteiger charge is -2.04. The number of hydrogen-bond donors (Lipinski definition) is 2. The van der Waals surface area contributed by atoms with E-state index < -0.39 is 15.5 Å². The zero-order chi connectivity index (χ0) is 19.3. The van der Waals surface area contributed by atoms with Gasteiger partial charge in [-0.05, 0) is 12.1 Å². The second-order valence-electron chi connectivity index (χ2n) is 4.77. The Morgan fingerprint density at radius 3 is 2.31 bits per heavy atom. The Hall–Kier alpha value is -4.51. The number of nitrogens with zero attached hydrogens (tertiary/aromatic N) is 5. The van der Waals surface area contributed by atoms with Crippen LogP contribution in [0.4, 0.5) is 17.1 Å². The summed E-state index contributed by atoms with van der Waals surface area (Å²) in [6.07, 6.45) is 1.02. The zero-order valence-corrected chi connectivity index (χ0v) is 12.8. The molecule has 0 bridgehead atoms. The smallest absolute Gasteiger partial charge is 0.295 e. The fourth-order valence-corrected chi connectivity index (χ4v) is 1.94. The van der Waals surface area contributed by atoms with Crippen molar-refractivity contribution >= 4 is 23.3 Å². The minimum Gasteiger partial charge on any atom is -0.507 e. The van der Waals surface area contributed by atoms with Crippen LogP contribution in [0.15, 0.2) is 35.4 Å². The van der Waals surface area contributed by atoms with Gasteiger partial charge in [-0.1, -0.05) is 0 Å². The number of hydrazone groups is 1. The van der Waals surface area contributed by atoms with Crippen molar-refractivity contribution < 1.29 is 15.0 Å². The molecule has 11 heteroatoms. The molecular formula is C15H8N6O5. The number of anilines is 1. The van der Waals surface area contributed by atoms with E-state index in [9.17, 15) is 25.3 Å². The Morgan fingerprint density at radius 2 is 1.73 bits per heavy atom. The van der Waals surface area contributed by atoms with Crippen molar-refractivity contribution in [2.45, 2.75) is 0 Å². The van der Waals surface area contributed by atoms with E-state index in [0.29, 0.717) is 0 Å². The van der Waals surface area contributed by atoms with E-state index in [1.165, 1.54) is 0 Å². The summed E-state index contributed by atoms with van der Waals surface area (Å²) in [4.78, 5) is 20.4. The molecule has 0 saturated heterocycles. The van der Waals surface area contributed by atoms with Gasteiger partial charge in [-0.2, -0.15) is 15.6 Å². The average Bonchev–Trinajstić information content (AvgIpc) is 2.62. The highest BCUT2D eigenvalue weighted by Gasteiger charge is 2.18. The molecule has 11 nitrogen and oxygen atoms in total. The highest BCUT2D eigenvalue weighted by atomic mass is 16.6. The largest absolute Gasteiger partial charge is 0.507 e. The van der Waals surface area contributed by atoms with Gasteiger partial charge in [0.05, 0.1) is 27.2 Å². The van der Waals surface area contributed by atoms with Gasteiger partial charge in [0.1, 0.15) is 23.6 Å². The van der Waals surface area contributed by atoms with Crippen molar-refractivity contribution in [3.63, 3.8) is 0 Å². The molecule has 0 heterocycles. The molecule has 0 radical (unpaired) electrons. The third kappa shape index (κ3) is 3.69. The van der Waals surface area contributed by atoms with Crippen molar-refractivity contribution in [3.8, 4) is 17.9 Å². The molecule has 2 aromatic carbocycles. The van der Waals surface area contributed by atoms with E-state index in [2.05, 4.69) is 10.5 Å². The monoisotopic (exact) mass is 352 g/mol. The first kappa shape index (κ1) is 17.8. The quantitative estimate of drug-likeness (QED) is 0.467. The molecule has 128 valence electrons. The molecule has 0 fully saturated rings. The Kier molecular flexibility index (Phi) is 5.06. The molecule has 2 aromatic rings. The van der Waals surface area contributed by atoms with Crippen LogP contribution >= 0.6 is 0 Å². The number of phenols is 1. The average molecular weight is 352 g/mol. The third-order valence-corrected chi connectivity index (χ3v) is 3.18. The predicted octanol–water partition coefficient (Wildman–Crippen LogP) is 2.40. The lowest BCUT2D eigenvalue weighted by atomic mass is 10.1. The van der Waals surface area contributed by atoms with Crippen molar-refractivity contribution in [1.29, 1.82) is 10.5 Å². The van der Waals surface area contributed by atoms with E-state index in [0.717, 1.165) is 36.5 Å². The summed E-state index contributed by atoms with van der Waals surface area (Å²) in [6, 6.07) is 8.71. The van der Waals surface area contributed by atoms with Gasteiger partial charge in [0.25, 0.3) is 11.4 Å². The lowest BCUT2D eigenvalue weighted by Crippen LogP contribution is -2.00. The van der Waals surface area contributed by atoms with Crippen LogP contribution in [0.5, 0.6) is 5.75 Å². The van der Waals surface area contributed by atoms with Gasteiger partial charge < -0.3 is 5.11 Å². The van der Waals surface area contributed by atoms with Crippen LogP contribution in [-0.2, 0) is 0 Å². The molecule has 2 rings (SSSR count). The topological polar surface area (TPSA) is 178 Å². The van der Waals surface area contributed by atoms with Gasteiger partial charge >= 0.3 is 0 Å². The van der Waals surface area contributed by atoms with Crippen LogP contribution in [0.25, 0.3) is 0 Å². The van der Waals surface area contributed by atoms with E-state index in [4.69, 9.17) is 10.5 Å². The first-order chi connectivity index (χ1) is 12.4. The first-order valence-corrected chi connectivity index (χ1v) is 6.76. The molecule has 0 aromatic heterocycles. The van der Waals surface area contributed by atoms with E-state index in [1.54, 1.807) is 12.1 Å². The molecule has 0 amide bonds.